The predicted octanol–water partition coefficient (Wildman–Crippen LogP) is 2.74. The molecule has 0 saturated carbocycles. The van der Waals surface area contributed by atoms with E-state index >= 15 is 0 Å². The van der Waals surface area contributed by atoms with E-state index in [0.717, 1.165) is 16.7 Å². The fourth-order valence-corrected chi connectivity index (χ4v) is 2.32. The molecule has 0 bridgehead atoms. The van der Waals surface area contributed by atoms with Crippen LogP contribution in [0.25, 0.3) is 16.6 Å². The Labute approximate surface area is 122 Å². The second kappa shape index (κ2) is 4.96. The number of aromatic hydroxyl groups is 1. The van der Waals surface area contributed by atoms with Gasteiger partial charge < -0.3 is 5.11 Å². The molecule has 1 heterocycles. The van der Waals surface area contributed by atoms with Gasteiger partial charge in [-0.1, -0.05) is 12.1 Å². The number of para-hydroxylation sites is 1. The lowest BCUT2D eigenvalue weighted by atomic mass is 10.1. The van der Waals surface area contributed by atoms with Gasteiger partial charge in [0.25, 0.3) is 0 Å². The molecule has 3 rings (SSSR count). The maximum atomic E-state index is 13.1. The highest BCUT2D eigenvalue weighted by Crippen LogP contribution is 2.32. The average Bonchev–Trinajstić information content (AvgIpc) is 2.49. The van der Waals surface area contributed by atoms with Crippen molar-refractivity contribution in [1.29, 1.82) is 0 Å². The monoisotopic (exact) mass is 300 g/mol. The van der Waals surface area contributed by atoms with Crippen LogP contribution >= 0.6 is 0 Å². The van der Waals surface area contributed by atoms with E-state index < -0.39 is 27.7 Å². The number of hydrogen-bond donors (Lipinski definition) is 1. The Kier molecular flexibility index (Phi) is 3.10. The largest absolute Gasteiger partial charge is 0.501 e. The molecule has 0 radical (unpaired) electrons. The van der Waals surface area contributed by atoms with E-state index in [1.54, 1.807) is 18.2 Å². The van der Waals surface area contributed by atoms with E-state index in [9.17, 15) is 24.4 Å². The van der Waals surface area contributed by atoms with E-state index in [4.69, 9.17) is 0 Å². The Morgan fingerprint density at radius 1 is 1.09 bits per heavy atom. The van der Waals surface area contributed by atoms with E-state index in [1.165, 1.54) is 18.2 Å². The first-order valence-electron chi connectivity index (χ1n) is 6.28. The molecule has 0 amide bonds. The normalized spacial score (nSPS) is 10.8. The Bertz CT molecular complexity index is 948. The molecule has 2 aromatic carbocycles. The summed E-state index contributed by atoms with van der Waals surface area (Å²) in [5.41, 5.74) is -1.33. The van der Waals surface area contributed by atoms with Crippen molar-refractivity contribution < 1.29 is 14.4 Å². The fourth-order valence-electron chi connectivity index (χ4n) is 2.32. The molecular formula is C15H9FN2O4. The van der Waals surface area contributed by atoms with Crippen LogP contribution in [0.2, 0.25) is 0 Å². The molecule has 0 unspecified atom stereocenters. The molecule has 1 N–H and O–H groups in total. The van der Waals surface area contributed by atoms with Crippen molar-refractivity contribution in [3.05, 3.63) is 74.8 Å². The number of halogens is 1. The van der Waals surface area contributed by atoms with E-state index in [0.29, 0.717) is 5.52 Å². The first-order chi connectivity index (χ1) is 10.5. The van der Waals surface area contributed by atoms with Crippen LogP contribution in [0.4, 0.5) is 10.1 Å². The minimum atomic E-state index is -0.979. The second-order valence-electron chi connectivity index (χ2n) is 4.59. The summed E-state index contributed by atoms with van der Waals surface area (Å²) < 4.78 is 14.1. The number of nitrogens with zero attached hydrogens (tertiary/aromatic N) is 2. The van der Waals surface area contributed by atoms with Gasteiger partial charge in [0.15, 0.2) is 0 Å². The topological polar surface area (TPSA) is 85.4 Å². The molecule has 0 aliphatic rings. The molecule has 3 aromatic rings. The average molecular weight is 300 g/mol. The van der Waals surface area contributed by atoms with Crippen molar-refractivity contribution in [3.63, 3.8) is 0 Å². The Morgan fingerprint density at radius 3 is 2.36 bits per heavy atom. The summed E-state index contributed by atoms with van der Waals surface area (Å²) in [4.78, 5) is 22.6. The quantitative estimate of drug-likeness (QED) is 0.582. The van der Waals surface area contributed by atoms with Gasteiger partial charge in [-0.2, -0.15) is 0 Å². The first kappa shape index (κ1) is 13.7. The Morgan fingerprint density at radius 2 is 1.73 bits per heavy atom. The van der Waals surface area contributed by atoms with Gasteiger partial charge in [-0.3, -0.25) is 19.5 Å². The maximum absolute atomic E-state index is 13.1. The molecule has 22 heavy (non-hydrogen) atoms. The van der Waals surface area contributed by atoms with Crippen LogP contribution in [0.5, 0.6) is 5.75 Å². The smallest absolute Gasteiger partial charge is 0.376 e. The van der Waals surface area contributed by atoms with Crippen LogP contribution in [0.3, 0.4) is 0 Å². The summed E-state index contributed by atoms with van der Waals surface area (Å²) in [5, 5.41) is 21.3. The van der Waals surface area contributed by atoms with Crippen LogP contribution < -0.4 is 5.56 Å². The summed E-state index contributed by atoms with van der Waals surface area (Å²) >= 11 is 0. The van der Waals surface area contributed by atoms with Crippen LogP contribution in [0, 0.1) is 15.9 Å². The van der Waals surface area contributed by atoms with Crippen LogP contribution in [-0.2, 0) is 0 Å². The SMILES string of the molecule is O=c1c([N+](=O)[O-])c(O)c2ccccc2n1-c1ccc(F)cc1. The summed E-state index contributed by atoms with van der Waals surface area (Å²) in [6.45, 7) is 0. The number of pyridine rings is 1. The fraction of sp³-hybridized carbons (Fsp3) is 0. The molecule has 110 valence electrons. The second-order valence-corrected chi connectivity index (χ2v) is 4.59. The van der Waals surface area contributed by atoms with Gasteiger partial charge in [-0.15, -0.1) is 0 Å². The van der Waals surface area contributed by atoms with Crippen molar-refractivity contribution in [2.45, 2.75) is 0 Å². The van der Waals surface area contributed by atoms with E-state index in [-0.39, 0.29) is 11.1 Å². The molecule has 0 atom stereocenters. The molecule has 0 aliphatic heterocycles. The van der Waals surface area contributed by atoms with Gasteiger partial charge >= 0.3 is 11.2 Å². The summed E-state index contributed by atoms with van der Waals surface area (Å²) in [7, 11) is 0. The third kappa shape index (κ3) is 1.99. The van der Waals surface area contributed by atoms with Crippen LogP contribution in [0.15, 0.2) is 53.3 Å². The van der Waals surface area contributed by atoms with Gasteiger partial charge in [0, 0.05) is 11.1 Å². The van der Waals surface area contributed by atoms with Crippen molar-refractivity contribution in [1.82, 2.24) is 4.57 Å². The highest BCUT2D eigenvalue weighted by atomic mass is 19.1. The number of aromatic nitrogens is 1. The van der Waals surface area contributed by atoms with Gasteiger partial charge in [-0.25, -0.2) is 4.39 Å². The minimum absolute atomic E-state index is 0.165. The number of nitro groups is 1. The number of benzene rings is 2. The summed E-state index contributed by atoms with van der Waals surface area (Å²) in [6.07, 6.45) is 0. The predicted molar refractivity (Wildman–Crippen MR) is 77.8 cm³/mol. The van der Waals surface area contributed by atoms with Gasteiger partial charge in [0.2, 0.25) is 5.75 Å². The lowest BCUT2D eigenvalue weighted by Gasteiger charge is -2.11. The highest BCUT2D eigenvalue weighted by Gasteiger charge is 2.25. The number of fused-ring (bicyclic) bond motifs is 1. The minimum Gasteiger partial charge on any atom is -0.501 e. The molecule has 7 heteroatoms. The van der Waals surface area contributed by atoms with Crippen LogP contribution in [-0.4, -0.2) is 14.6 Å². The van der Waals surface area contributed by atoms with E-state index in [2.05, 4.69) is 0 Å². The molecule has 6 nitrogen and oxygen atoms in total. The zero-order valence-corrected chi connectivity index (χ0v) is 11.1. The van der Waals surface area contributed by atoms with Gasteiger partial charge in [-0.05, 0) is 36.4 Å². The Balaban J connectivity index is 2.50. The van der Waals surface area contributed by atoms with Crippen LogP contribution in [0.1, 0.15) is 0 Å². The van der Waals surface area contributed by atoms with Crippen molar-refractivity contribution in [2.75, 3.05) is 0 Å². The third-order valence-electron chi connectivity index (χ3n) is 3.30. The molecule has 0 saturated heterocycles. The zero-order valence-electron chi connectivity index (χ0n) is 11.1. The standard InChI is InChI=1S/C15H9FN2O4/c16-9-5-7-10(8-6-9)17-12-4-2-1-3-11(12)14(19)13(15(17)20)18(21)22/h1-8,19H. The van der Waals surface area contributed by atoms with Crippen molar-refractivity contribution in [2.24, 2.45) is 0 Å². The van der Waals surface area contributed by atoms with Gasteiger partial charge in [0.05, 0.1) is 10.4 Å². The molecule has 0 fully saturated rings. The summed E-state index contributed by atoms with van der Waals surface area (Å²) in [5.74, 6) is -1.17. The van der Waals surface area contributed by atoms with Crippen molar-refractivity contribution >= 4 is 16.6 Å². The molecule has 0 aliphatic carbocycles. The molecule has 1 aromatic heterocycles. The lowest BCUT2D eigenvalue weighted by molar-refractivity contribution is -0.387. The number of rotatable bonds is 2. The lowest BCUT2D eigenvalue weighted by Crippen LogP contribution is -2.21. The summed E-state index contributed by atoms with van der Waals surface area (Å²) in [6, 6.07) is 11.2. The van der Waals surface area contributed by atoms with Gasteiger partial charge in [0.1, 0.15) is 5.82 Å². The third-order valence-corrected chi connectivity index (χ3v) is 3.30. The van der Waals surface area contributed by atoms with Crippen molar-refractivity contribution in [3.8, 4) is 11.4 Å². The molecular weight excluding hydrogens is 291 g/mol. The Hall–Kier alpha value is -3.22. The number of hydrogen-bond acceptors (Lipinski definition) is 4. The first-order valence-corrected chi connectivity index (χ1v) is 6.28. The maximum Gasteiger partial charge on any atom is 0.376 e. The highest BCUT2D eigenvalue weighted by molar-refractivity contribution is 5.89. The van der Waals surface area contributed by atoms with E-state index in [1.807, 2.05) is 0 Å². The zero-order chi connectivity index (χ0) is 15.9. The molecule has 0 spiro atoms.